The van der Waals surface area contributed by atoms with Crippen LogP contribution < -0.4 is 11.5 Å². The van der Waals surface area contributed by atoms with E-state index in [4.69, 9.17) is 11.5 Å². The molecule has 2 atom stereocenters. The van der Waals surface area contributed by atoms with Crippen molar-refractivity contribution in [2.45, 2.75) is 26.0 Å². The van der Waals surface area contributed by atoms with E-state index in [1.807, 2.05) is 13.8 Å². The number of nitrogens with two attached hydrogens (primary N) is 2. The molecule has 1 rings (SSSR count). The van der Waals surface area contributed by atoms with Crippen LogP contribution in [0.25, 0.3) is 0 Å². The summed E-state index contributed by atoms with van der Waals surface area (Å²) in [4.78, 5) is 3.91. The van der Waals surface area contributed by atoms with Crippen molar-refractivity contribution in [1.29, 1.82) is 0 Å². The van der Waals surface area contributed by atoms with Gasteiger partial charge in [0.15, 0.2) is 0 Å². The lowest BCUT2D eigenvalue weighted by atomic mass is 9.95. The summed E-state index contributed by atoms with van der Waals surface area (Å²) in [6.45, 7) is 3.93. The first kappa shape index (κ1) is 10.9. The zero-order valence-corrected chi connectivity index (χ0v) is 8.51. The van der Waals surface area contributed by atoms with Crippen LogP contribution in [-0.4, -0.2) is 16.1 Å². The van der Waals surface area contributed by atoms with Crippen molar-refractivity contribution in [2.24, 2.45) is 11.7 Å². The maximum atomic E-state index is 9.86. The van der Waals surface area contributed by atoms with E-state index in [1.165, 1.54) is 6.20 Å². The third-order valence-electron chi connectivity index (χ3n) is 2.26. The second-order valence-corrected chi connectivity index (χ2v) is 3.82. The lowest BCUT2D eigenvalue weighted by Gasteiger charge is -2.22. The molecule has 1 aromatic heterocycles. The zero-order valence-electron chi connectivity index (χ0n) is 8.51. The monoisotopic (exact) mass is 195 g/mol. The number of pyridine rings is 1. The number of anilines is 1. The number of aliphatic hydroxyl groups excluding tert-OH is 1. The predicted octanol–water partition coefficient (Wildman–Crippen LogP) is 0.680. The fraction of sp³-hybridized carbons (Fsp3) is 0.500. The van der Waals surface area contributed by atoms with Crippen molar-refractivity contribution in [3.63, 3.8) is 0 Å². The number of hydrogen-bond donors (Lipinski definition) is 3. The molecule has 14 heavy (non-hydrogen) atoms. The molecule has 0 aliphatic carbocycles. The van der Waals surface area contributed by atoms with Crippen LogP contribution in [0.4, 0.5) is 5.69 Å². The van der Waals surface area contributed by atoms with Gasteiger partial charge in [0.05, 0.1) is 11.8 Å². The van der Waals surface area contributed by atoms with Crippen molar-refractivity contribution in [3.8, 4) is 0 Å². The van der Waals surface area contributed by atoms with Gasteiger partial charge in [0.25, 0.3) is 0 Å². The summed E-state index contributed by atoms with van der Waals surface area (Å²) in [6.07, 6.45) is 2.42. The number of rotatable bonds is 3. The van der Waals surface area contributed by atoms with Crippen LogP contribution in [0.3, 0.4) is 0 Å². The van der Waals surface area contributed by atoms with Gasteiger partial charge in [-0.1, -0.05) is 13.8 Å². The highest BCUT2D eigenvalue weighted by Crippen LogP contribution is 2.20. The van der Waals surface area contributed by atoms with E-state index >= 15 is 0 Å². The topological polar surface area (TPSA) is 85.2 Å². The van der Waals surface area contributed by atoms with Gasteiger partial charge >= 0.3 is 0 Å². The molecular formula is C10H17N3O. The highest BCUT2D eigenvalue weighted by Gasteiger charge is 2.20. The molecule has 0 fully saturated rings. The van der Waals surface area contributed by atoms with Gasteiger partial charge in [0.2, 0.25) is 0 Å². The quantitative estimate of drug-likeness (QED) is 0.662. The van der Waals surface area contributed by atoms with Crippen LogP contribution in [0, 0.1) is 5.92 Å². The molecule has 0 saturated heterocycles. The normalized spacial score (nSPS) is 15.5. The minimum atomic E-state index is -0.703. The van der Waals surface area contributed by atoms with E-state index in [0.29, 0.717) is 11.3 Å². The Balaban J connectivity index is 2.83. The van der Waals surface area contributed by atoms with E-state index in [-0.39, 0.29) is 12.0 Å². The standard InChI is InChI=1S/C10H17N3O/c1-6(2)9(12)10(14)7-3-8(11)5-13-4-7/h3-6,9-10,14H,11-12H2,1-2H3/t9-,10-/m1/s1. The van der Waals surface area contributed by atoms with Gasteiger partial charge in [0.1, 0.15) is 0 Å². The van der Waals surface area contributed by atoms with E-state index in [1.54, 1.807) is 12.3 Å². The summed E-state index contributed by atoms with van der Waals surface area (Å²) in [5.74, 6) is 0.214. The van der Waals surface area contributed by atoms with Crippen molar-refractivity contribution in [2.75, 3.05) is 5.73 Å². The van der Waals surface area contributed by atoms with Crippen molar-refractivity contribution in [1.82, 2.24) is 4.98 Å². The van der Waals surface area contributed by atoms with Gasteiger partial charge in [-0.3, -0.25) is 4.98 Å². The molecule has 0 saturated carbocycles. The van der Waals surface area contributed by atoms with E-state index in [9.17, 15) is 5.11 Å². The van der Waals surface area contributed by atoms with E-state index < -0.39 is 6.10 Å². The second-order valence-electron chi connectivity index (χ2n) is 3.82. The van der Waals surface area contributed by atoms with Gasteiger partial charge < -0.3 is 16.6 Å². The Labute approximate surface area is 83.9 Å². The maximum Gasteiger partial charge on any atom is 0.0958 e. The van der Waals surface area contributed by atoms with Crippen molar-refractivity contribution < 1.29 is 5.11 Å². The Bertz CT molecular complexity index is 301. The highest BCUT2D eigenvalue weighted by molar-refractivity contribution is 5.38. The molecule has 0 bridgehead atoms. The van der Waals surface area contributed by atoms with Crippen molar-refractivity contribution in [3.05, 3.63) is 24.0 Å². The molecule has 4 heteroatoms. The fourth-order valence-electron chi connectivity index (χ4n) is 1.22. The SMILES string of the molecule is CC(C)[C@@H](N)[C@H](O)c1cncc(N)c1. The van der Waals surface area contributed by atoms with Crippen LogP contribution in [0.15, 0.2) is 18.5 Å². The first-order valence-electron chi connectivity index (χ1n) is 4.66. The van der Waals surface area contributed by atoms with Gasteiger partial charge in [0, 0.05) is 24.0 Å². The summed E-state index contributed by atoms with van der Waals surface area (Å²) < 4.78 is 0. The van der Waals surface area contributed by atoms with Crippen LogP contribution in [0.2, 0.25) is 0 Å². The number of hydrogen-bond acceptors (Lipinski definition) is 4. The molecule has 0 amide bonds. The molecule has 4 nitrogen and oxygen atoms in total. The lowest BCUT2D eigenvalue weighted by molar-refractivity contribution is 0.125. The second kappa shape index (κ2) is 4.39. The third-order valence-corrected chi connectivity index (χ3v) is 2.26. The van der Waals surface area contributed by atoms with E-state index in [0.717, 1.165) is 0 Å². The summed E-state index contributed by atoms with van der Waals surface area (Å²) in [7, 11) is 0. The lowest BCUT2D eigenvalue weighted by Crippen LogP contribution is -2.33. The minimum absolute atomic E-state index is 0.214. The van der Waals surface area contributed by atoms with Gasteiger partial charge in [-0.2, -0.15) is 0 Å². The number of aliphatic hydroxyl groups is 1. The van der Waals surface area contributed by atoms with Gasteiger partial charge in [-0.25, -0.2) is 0 Å². The molecular weight excluding hydrogens is 178 g/mol. The van der Waals surface area contributed by atoms with Gasteiger partial charge in [-0.05, 0) is 12.0 Å². The Morgan fingerprint density at radius 3 is 2.50 bits per heavy atom. The molecule has 0 radical (unpaired) electrons. The summed E-state index contributed by atoms with van der Waals surface area (Å²) in [5.41, 5.74) is 12.6. The predicted molar refractivity (Wildman–Crippen MR) is 56.4 cm³/mol. The van der Waals surface area contributed by atoms with Crippen LogP contribution in [0.5, 0.6) is 0 Å². The molecule has 78 valence electrons. The number of aromatic nitrogens is 1. The van der Waals surface area contributed by atoms with Crippen LogP contribution in [-0.2, 0) is 0 Å². The number of nitrogen functional groups attached to an aromatic ring is 1. The molecule has 0 aromatic carbocycles. The zero-order chi connectivity index (χ0) is 10.7. The Morgan fingerprint density at radius 2 is 2.00 bits per heavy atom. The molecule has 0 aliphatic rings. The molecule has 0 aliphatic heterocycles. The summed E-state index contributed by atoms with van der Waals surface area (Å²) in [5, 5.41) is 9.86. The number of nitrogens with zero attached hydrogens (tertiary/aromatic N) is 1. The van der Waals surface area contributed by atoms with E-state index in [2.05, 4.69) is 4.98 Å². The van der Waals surface area contributed by atoms with Gasteiger partial charge in [-0.15, -0.1) is 0 Å². The average molecular weight is 195 g/mol. The molecule has 0 spiro atoms. The molecule has 1 aromatic rings. The first-order chi connectivity index (χ1) is 6.52. The largest absolute Gasteiger partial charge is 0.397 e. The molecule has 5 N–H and O–H groups in total. The Kier molecular flexibility index (Phi) is 3.43. The van der Waals surface area contributed by atoms with Crippen molar-refractivity contribution >= 4 is 5.69 Å². The van der Waals surface area contributed by atoms with Crippen LogP contribution >= 0.6 is 0 Å². The Hall–Kier alpha value is -1.13. The fourth-order valence-corrected chi connectivity index (χ4v) is 1.22. The Morgan fingerprint density at radius 1 is 1.36 bits per heavy atom. The summed E-state index contributed by atoms with van der Waals surface area (Å²) >= 11 is 0. The molecule has 0 unspecified atom stereocenters. The minimum Gasteiger partial charge on any atom is -0.397 e. The summed E-state index contributed by atoms with van der Waals surface area (Å²) in [6, 6.07) is 1.40. The van der Waals surface area contributed by atoms with Crippen LogP contribution in [0.1, 0.15) is 25.5 Å². The maximum absolute atomic E-state index is 9.86. The highest BCUT2D eigenvalue weighted by atomic mass is 16.3. The smallest absolute Gasteiger partial charge is 0.0958 e. The third kappa shape index (κ3) is 2.43. The molecule has 1 heterocycles. The average Bonchev–Trinajstić information content (AvgIpc) is 2.15. The first-order valence-corrected chi connectivity index (χ1v) is 4.66.